The Morgan fingerprint density at radius 2 is 2.29 bits per heavy atom. The van der Waals surface area contributed by atoms with Crippen LogP contribution >= 0.6 is 0 Å². The molecule has 7 nitrogen and oxygen atoms in total. The molecule has 112 valence electrons. The van der Waals surface area contributed by atoms with Crippen molar-refractivity contribution in [2.75, 3.05) is 26.0 Å². The number of hydrogen-bond donors (Lipinski definition) is 2. The smallest absolute Gasteiger partial charge is 0.276 e. The van der Waals surface area contributed by atoms with E-state index < -0.39 is 0 Å². The topological polar surface area (TPSA) is 97.1 Å². The summed E-state index contributed by atoms with van der Waals surface area (Å²) in [6.07, 6.45) is 1.70. The number of amides is 1. The molecular formula is C14H19N5O2. The number of nitrogens with zero attached hydrogens (tertiary/aromatic N) is 3. The first-order valence-corrected chi connectivity index (χ1v) is 6.62. The van der Waals surface area contributed by atoms with Crippen LogP contribution in [0.4, 0.5) is 5.69 Å². The minimum atomic E-state index is -0.237. The van der Waals surface area contributed by atoms with Crippen LogP contribution in [0, 0.1) is 6.92 Å². The van der Waals surface area contributed by atoms with Crippen molar-refractivity contribution in [1.82, 2.24) is 20.1 Å². The van der Waals surface area contributed by atoms with Gasteiger partial charge < -0.3 is 15.4 Å². The lowest BCUT2D eigenvalue weighted by atomic mass is 10.2. The highest BCUT2D eigenvalue weighted by Crippen LogP contribution is 2.16. The fraction of sp³-hybridized carbons (Fsp3) is 0.357. The summed E-state index contributed by atoms with van der Waals surface area (Å²) in [4.78, 5) is 18.4. The quantitative estimate of drug-likeness (QED) is 0.826. The Morgan fingerprint density at radius 3 is 2.86 bits per heavy atom. The lowest BCUT2D eigenvalue weighted by molar-refractivity contribution is 0.0673. The van der Waals surface area contributed by atoms with Gasteiger partial charge in [0.2, 0.25) is 0 Å². The Hall–Kier alpha value is -2.41. The van der Waals surface area contributed by atoms with Gasteiger partial charge in [0.25, 0.3) is 5.91 Å². The van der Waals surface area contributed by atoms with Crippen LogP contribution in [-0.4, -0.2) is 46.2 Å². The third-order valence-corrected chi connectivity index (χ3v) is 3.13. The number of aromatic nitrogens is 3. The van der Waals surface area contributed by atoms with Crippen molar-refractivity contribution in [3.05, 3.63) is 41.5 Å². The van der Waals surface area contributed by atoms with Crippen molar-refractivity contribution in [2.45, 2.75) is 13.5 Å². The monoisotopic (exact) mass is 289 g/mol. The van der Waals surface area contributed by atoms with Crippen molar-refractivity contribution in [3.8, 4) is 0 Å². The van der Waals surface area contributed by atoms with Gasteiger partial charge in [-0.25, -0.2) is 0 Å². The number of ether oxygens (including phenoxy) is 1. The molecule has 0 spiro atoms. The summed E-state index contributed by atoms with van der Waals surface area (Å²) in [6, 6.07) is 5.58. The number of nitrogen functional groups attached to an aromatic ring is 1. The van der Waals surface area contributed by atoms with Gasteiger partial charge in [-0.3, -0.25) is 14.9 Å². The van der Waals surface area contributed by atoms with E-state index >= 15 is 0 Å². The van der Waals surface area contributed by atoms with Crippen molar-refractivity contribution in [2.24, 2.45) is 0 Å². The van der Waals surface area contributed by atoms with E-state index in [0.29, 0.717) is 31.1 Å². The lowest BCUT2D eigenvalue weighted by Gasteiger charge is -2.21. The molecule has 0 aliphatic heterocycles. The number of nitrogens with two attached hydrogens (primary N) is 1. The second-order valence-corrected chi connectivity index (χ2v) is 4.65. The van der Waals surface area contributed by atoms with Gasteiger partial charge in [0.05, 0.1) is 30.2 Å². The number of anilines is 1. The number of H-pyrrole nitrogens is 1. The van der Waals surface area contributed by atoms with Crippen molar-refractivity contribution in [3.63, 3.8) is 0 Å². The lowest BCUT2D eigenvalue weighted by Crippen LogP contribution is -2.34. The van der Waals surface area contributed by atoms with Crippen LogP contribution in [-0.2, 0) is 11.3 Å². The maximum atomic E-state index is 12.6. The molecule has 7 heteroatoms. The SMILES string of the molecule is COCCN(Cc1ccccn1)C(=O)c1n[nH]c(C)c1N. The van der Waals surface area contributed by atoms with Gasteiger partial charge in [-0.15, -0.1) is 0 Å². The molecule has 0 aliphatic rings. The number of nitrogens with one attached hydrogen (secondary N) is 1. The van der Waals surface area contributed by atoms with Crippen LogP contribution in [0.1, 0.15) is 21.9 Å². The second kappa shape index (κ2) is 6.85. The van der Waals surface area contributed by atoms with Crippen molar-refractivity contribution < 1.29 is 9.53 Å². The van der Waals surface area contributed by atoms with E-state index in [-0.39, 0.29) is 11.6 Å². The van der Waals surface area contributed by atoms with Crippen molar-refractivity contribution in [1.29, 1.82) is 0 Å². The normalized spacial score (nSPS) is 10.6. The number of rotatable bonds is 6. The summed E-state index contributed by atoms with van der Waals surface area (Å²) in [5.41, 5.74) is 7.97. The number of pyridine rings is 1. The Balaban J connectivity index is 2.19. The molecule has 0 unspecified atom stereocenters. The fourth-order valence-electron chi connectivity index (χ4n) is 1.89. The summed E-state index contributed by atoms with van der Waals surface area (Å²) in [5, 5.41) is 6.71. The van der Waals surface area contributed by atoms with Crippen LogP contribution in [0.15, 0.2) is 24.4 Å². The molecule has 0 saturated heterocycles. The standard InChI is InChI=1S/C14H19N5O2/c1-10-12(15)13(18-17-10)14(20)19(7-8-21-2)9-11-5-3-4-6-16-11/h3-6H,7-9,15H2,1-2H3,(H,17,18). The maximum Gasteiger partial charge on any atom is 0.276 e. The largest absolute Gasteiger partial charge is 0.395 e. The Bertz CT molecular complexity index is 597. The van der Waals surface area contributed by atoms with Gasteiger partial charge in [0, 0.05) is 19.9 Å². The Kier molecular flexibility index (Phi) is 4.89. The first-order valence-electron chi connectivity index (χ1n) is 6.62. The molecule has 0 fully saturated rings. The number of hydrogen-bond acceptors (Lipinski definition) is 5. The van der Waals surface area contributed by atoms with E-state index in [1.807, 2.05) is 18.2 Å². The number of aromatic amines is 1. The molecule has 1 amide bonds. The van der Waals surface area contributed by atoms with Crippen LogP contribution in [0.25, 0.3) is 0 Å². The summed E-state index contributed by atoms with van der Waals surface area (Å²) >= 11 is 0. The molecule has 0 aliphatic carbocycles. The van der Waals surface area contributed by atoms with Gasteiger partial charge in [0.1, 0.15) is 0 Å². The Morgan fingerprint density at radius 1 is 1.48 bits per heavy atom. The molecule has 0 saturated carbocycles. The molecule has 0 aromatic carbocycles. The van der Waals surface area contributed by atoms with Crippen LogP contribution in [0.3, 0.4) is 0 Å². The van der Waals surface area contributed by atoms with E-state index in [2.05, 4.69) is 15.2 Å². The van der Waals surface area contributed by atoms with Crippen LogP contribution in [0.5, 0.6) is 0 Å². The number of methoxy groups -OCH3 is 1. The number of carbonyl (C=O) groups excluding carboxylic acids is 1. The average molecular weight is 289 g/mol. The summed E-state index contributed by atoms with van der Waals surface area (Å²) in [6.45, 7) is 3.03. The summed E-state index contributed by atoms with van der Waals surface area (Å²) in [5.74, 6) is -0.237. The molecule has 0 bridgehead atoms. The number of aryl methyl sites for hydroxylation is 1. The van der Waals surface area contributed by atoms with Gasteiger partial charge in [-0.1, -0.05) is 6.07 Å². The highest BCUT2D eigenvalue weighted by Gasteiger charge is 2.22. The summed E-state index contributed by atoms with van der Waals surface area (Å²) < 4.78 is 5.06. The van der Waals surface area contributed by atoms with Gasteiger partial charge in [-0.05, 0) is 19.1 Å². The third-order valence-electron chi connectivity index (χ3n) is 3.13. The molecular weight excluding hydrogens is 270 g/mol. The molecule has 2 rings (SSSR count). The molecule has 0 atom stereocenters. The van der Waals surface area contributed by atoms with Gasteiger partial charge in [-0.2, -0.15) is 5.10 Å². The van der Waals surface area contributed by atoms with Crippen molar-refractivity contribution >= 4 is 11.6 Å². The van der Waals surface area contributed by atoms with E-state index in [4.69, 9.17) is 10.5 Å². The molecule has 3 N–H and O–H groups in total. The minimum Gasteiger partial charge on any atom is -0.395 e. The van der Waals surface area contributed by atoms with Gasteiger partial charge in [0.15, 0.2) is 5.69 Å². The molecule has 2 aromatic rings. The van der Waals surface area contributed by atoms with Crippen LogP contribution < -0.4 is 5.73 Å². The zero-order valence-corrected chi connectivity index (χ0v) is 12.2. The third kappa shape index (κ3) is 3.57. The first-order chi connectivity index (χ1) is 10.1. The zero-order valence-electron chi connectivity index (χ0n) is 12.2. The fourth-order valence-corrected chi connectivity index (χ4v) is 1.89. The van der Waals surface area contributed by atoms with E-state index in [1.165, 1.54) is 0 Å². The highest BCUT2D eigenvalue weighted by atomic mass is 16.5. The number of carbonyl (C=O) groups is 1. The van der Waals surface area contributed by atoms with E-state index in [9.17, 15) is 4.79 Å². The van der Waals surface area contributed by atoms with E-state index in [0.717, 1.165) is 5.69 Å². The Labute approximate surface area is 123 Å². The molecule has 2 heterocycles. The zero-order chi connectivity index (χ0) is 15.2. The second-order valence-electron chi connectivity index (χ2n) is 4.65. The first kappa shape index (κ1) is 15.0. The van der Waals surface area contributed by atoms with E-state index in [1.54, 1.807) is 25.1 Å². The molecule has 0 radical (unpaired) electrons. The van der Waals surface area contributed by atoms with Gasteiger partial charge >= 0.3 is 0 Å². The average Bonchev–Trinajstić information content (AvgIpc) is 2.84. The highest BCUT2D eigenvalue weighted by molar-refractivity contribution is 5.97. The summed E-state index contributed by atoms with van der Waals surface area (Å²) in [7, 11) is 1.59. The minimum absolute atomic E-state index is 0.236. The predicted molar refractivity (Wildman–Crippen MR) is 78.6 cm³/mol. The maximum absolute atomic E-state index is 12.6. The molecule has 2 aromatic heterocycles. The predicted octanol–water partition coefficient (Wildman–Crippen LogP) is 0.984. The van der Waals surface area contributed by atoms with Crippen LogP contribution in [0.2, 0.25) is 0 Å². The molecule has 21 heavy (non-hydrogen) atoms.